The minimum Gasteiger partial charge on any atom is -0.507 e. The van der Waals surface area contributed by atoms with E-state index in [9.17, 15) is 18.3 Å². The van der Waals surface area contributed by atoms with Crippen LogP contribution in [0, 0.1) is 6.92 Å². The van der Waals surface area contributed by atoms with Gasteiger partial charge in [-0.25, -0.2) is 13.8 Å². The topological polar surface area (TPSA) is 118 Å². The number of benzene rings is 3. The van der Waals surface area contributed by atoms with E-state index in [-0.39, 0.29) is 22.1 Å². The second kappa shape index (κ2) is 10.9. The zero-order valence-corrected chi connectivity index (χ0v) is 20.7. The molecule has 0 radical (unpaired) electrons. The number of hydrazone groups is 1. The number of amides is 1. The van der Waals surface area contributed by atoms with Gasteiger partial charge in [0.25, 0.3) is 15.9 Å². The molecule has 0 spiro atoms. The Labute approximate surface area is 204 Å². The quantitative estimate of drug-likeness (QED) is 0.345. The maximum absolute atomic E-state index is 13.6. The Balaban J connectivity index is 1.99. The number of nitrogens with zero attached hydrogens (tertiary/aromatic N) is 2. The second-order valence-electron chi connectivity index (χ2n) is 7.61. The molecule has 1 amide bonds. The highest BCUT2D eigenvalue weighted by Crippen LogP contribution is 2.35. The average Bonchev–Trinajstić information content (AvgIpc) is 2.85. The van der Waals surface area contributed by atoms with Gasteiger partial charge in [0, 0.05) is 11.6 Å². The van der Waals surface area contributed by atoms with Gasteiger partial charge in [-0.05, 0) is 50.2 Å². The van der Waals surface area contributed by atoms with Gasteiger partial charge in [-0.15, -0.1) is 0 Å². The van der Waals surface area contributed by atoms with E-state index in [2.05, 4.69) is 10.5 Å². The van der Waals surface area contributed by atoms with Crippen molar-refractivity contribution in [2.75, 3.05) is 25.1 Å². The van der Waals surface area contributed by atoms with Crippen molar-refractivity contribution in [2.45, 2.75) is 18.7 Å². The highest BCUT2D eigenvalue weighted by molar-refractivity contribution is 7.92. The van der Waals surface area contributed by atoms with Crippen LogP contribution >= 0.6 is 0 Å². The number of aryl methyl sites for hydroxylation is 1. The summed E-state index contributed by atoms with van der Waals surface area (Å²) >= 11 is 0. The van der Waals surface area contributed by atoms with E-state index >= 15 is 0 Å². The molecule has 3 aromatic rings. The Morgan fingerprint density at radius 1 is 1.03 bits per heavy atom. The smallest absolute Gasteiger partial charge is 0.264 e. The van der Waals surface area contributed by atoms with Gasteiger partial charge in [0.15, 0.2) is 0 Å². The highest BCUT2D eigenvalue weighted by Gasteiger charge is 2.30. The number of phenolic OH excluding ortho intramolecular Hbond substituents is 1. The Morgan fingerprint density at radius 2 is 1.71 bits per heavy atom. The predicted molar refractivity (Wildman–Crippen MR) is 134 cm³/mol. The van der Waals surface area contributed by atoms with Crippen LogP contribution in [0.25, 0.3) is 0 Å². The van der Waals surface area contributed by atoms with Gasteiger partial charge in [0.05, 0.1) is 30.5 Å². The SMILES string of the molecule is COc1ccc(OC)c(N(CC(=O)N/N=C(/C)c2ccccc2O)S(=O)(=O)c2ccc(C)cc2)c1. The van der Waals surface area contributed by atoms with Crippen molar-refractivity contribution < 1.29 is 27.8 Å². The van der Waals surface area contributed by atoms with Crippen LogP contribution in [0.5, 0.6) is 17.2 Å². The van der Waals surface area contributed by atoms with Crippen LogP contribution in [0.3, 0.4) is 0 Å². The molecule has 0 aliphatic carbocycles. The lowest BCUT2D eigenvalue weighted by atomic mass is 10.1. The fraction of sp³-hybridized carbons (Fsp3) is 0.200. The van der Waals surface area contributed by atoms with Crippen LogP contribution in [-0.2, 0) is 14.8 Å². The van der Waals surface area contributed by atoms with Crippen LogP contribution in [0.1, 0.15) is 18.1 Å². The number of aromatic hydroxyl groups is 1. The summed E-state index contributed by atoms with van der Waals surface area (Å²) in [5, 5.41) is 14.0. The van der Waals surface area contributed by atoms with Crippen molar-refractivity contribution in [1.82, 2.24) is 5.43 Å². The van der Waals surface area contributed by atoms with Gasteiger partial charge < -0.3 is 14.6 Å². The number of methoxy groups -OCH3 is 2. The molecule has 0 saturated carbocycles. The lowest BCUT2D eigenvalue weighted by molar-refractivity contribution is -0.119. The van der Waals surface area contributed by atoms with E-state index in [1.165, 1.54) is 38.5 Å². The lowest BCUT2D eigenvalue weighted by Crippen LogP contribution is -2.40. The molecule has 35 heavy (non-hydrogen) atoms. The molecular formula is C25H27N3O6S. The Kier molecular flexibility index (Phi) is 7.98. The van der Waals surface area contributed by atoms with Crippen LogP contribution in [0.15, 0.2) is 76.7 Å². The zero-order chi connectivity index (χ0) is 25.6. The summed E-state index contributed by atoms with van der Waals surface area (Å²) in [6.07, 6.45) is 0. The monoisotopic (exact) mass is 497 g/mol. The Bertz CT molecular complexity index is 1340. The summed E-state index contributed by atoms with van der Waals surface area (Å²) in [7, 11) is -1.32. The molecule has 0 atom stereocenters. The number of hydrogen-bond acceptors (Lipinski definition) is 7. The van der Waals surface area contributed by atoms with Crippen molar-refractivity contribution in [2.24, 2.45) is 5.10 Å². The molecule has 0 aliphatic rings. The largest absolute Gasteiger partial charge is 0.507 e. The van der Waals surface area contributed by atoms with Gasteiger partial charge in [0.1, 0.15) is 23.8 Å². The molecule has 10 heteroatoms. The number of carbonyl (C=O) groups excluding carboxylic acids is 1. The number of para-hydroxylation sites is 1. The number of carbonyl (C=O) groups is 1. The van der Waals surface area contributed by atoms with E-state index in [1.807, 2.05) is 6.92 Å². The van der Waals surface area contributed by atoms with Crippen molar-refractivity contribution in [1.29, 1.82) is 0 Å². The van der Waals surface area contributed by atoms with E-state index in [4.69, 9.17) is 9.47 Å². The van der Waals surface area contributed by atoms with Crippen molar-refractivity contribution in [3.05, 3.63) is 77.9 Å². The summed E-state index contributed by atoms with van der Waals surface area (Å²) in [4.78, 5) is 12.9. The van der Waals surface area contributed by atoms with Crippen LogP contribution in [0.4, 0.5) is 5.69 Å². The number of hydrogen-bond donors (Lipinski definition) is 2. The number of sulfonamides is 1. The van der Waals surface area contributed by atoms with Crippen LogP contribution in [-0.4, -0.2) is 45.9 Å². The number of anilines is 1. The van der Waals surface area contributed by atoms with Gasteiger partial charge in [0.2, 0.25) is 0 Å². The molecule has 0 saturated heterocycles. The Morgan fingerprint density at radius 3 is 2.34 bits per heavy atom. The van der Waals surface area contributed by atoms with Gasteiger partial charge in [-0.3, -0.25) is 9.10 Å². The minimum atomic E-state index is -4.17. The average molecular weight is 498 g/mol. The fourth-order valence-electron chi connectivity index (χ4n) is 3.28. The highest BCUT2D eigenvalue weighted by atomic mass is 32.2. The molecule has 3 aromatic carbocycles. The molecule has 0 aliphatic heterocycles. The van der Waals surface area contributed by atoms with Crippen molar-refractivity contribution >= 4 is 27.3 Å². The number of nitrogens with one attached hydrogen (secondary N) is 1. The van der Waals surface area contributed by atoms with Crippen LogP contribution in [0.2, 0.25) is 0 Å². The zero-order valence-electron chi connectivity index (χ0n) is 19.8. The lowest BCUT2D eigenvalue weighted by Gasteiger charge is -2.25. The third-order valence-electron chi connectivity index (χ3n) is 5.19. The first-order valence-corrected chi connectivity index (χ1v) is 12.0. The molecule has 0 fully saturated rings. The van der Waals surface area contributed by atoms with Gasteiger partial charge in [-0.1, -0.05) is 29.8 Å². The van der Waals surface area contributed by atoms with Gasteiger partial charge in [-0.2, -0.15) is 5.10 Å². The standard InChI is InChI=1S/C25H27N3O6S/c1-17-9-12-20(13-10-17)35(31,32)28(22-15-19(33-3)11-14-24(22)34-4)16-25(30)27-26-18(2)21-7-5-6-8-23(21)29/h5-15,29H,16H2,1-4H3,(H,27,30)/b26-18-. The second-order valence-corrected chi connectivity index (χ2v) is 9.47. The van der Waals surface area contributed by atoms with Crippen LogP contribution < -0.4 is 19.2 Å². The molecule has 9 nitrogen and oxygen atoms in total. The van der Waals surface area contributed by atoms with E-state index in [0.717, 1.165) is 9.87 Å². The summed E-state index contributed by atoms with van der Waals surface area (Å²) in [5.41, 5.74) is 4.17. The maximum Gasteiger partial charge on any atom is 0.264 e. The summed E-state index contributed by atoms with van der Waals surface area (Å²) in [6, 6.07) is 17.5. The molecular weight excluding hydrogens is 470 g/mol. The first kappa shape index (κ1) is 25.6. The first-order chi connectivity index (χ1) is 16.7. The summed E-state index contributed by atoms with van der Waals surface area (Å²) in [5.74, 6) is -0.0602. The molecule has 0 heterocycles. The summed E-state index contributed by atoms with van der Waals surface area (Å²) < 4.78 is 38.8. The van der Waals surface area contributed by atoms with E-state index < -0.39 is 22.5 Å². The predicted octanol–water partition coefficient (Wildman–Crippen LogP) is 3.45. The molecule has 0 unspecified atom stereocenters. The van der Waals surface area contributed by atoms with Gasteiger partial charge >= 0.3 is 0 Å². The number of phenols is 1. The Hall–Kier alpha value is -4.05. The maximum atomic E-state index is 13.6. The third kappa shape index (κ3) is 5.90. The van der Waals surface area contributed by atoms with E-state index in [0.29, 0.717) is 17.0 Å². The normalized spacial score (nSPS) is 11.6. The van der Waals surface area contributed by atoms with Crippen molar-refractivity contribution in [3.8, 4) is 17.2 Å². The molecule has 2 N–H and O–H groups in total. The molecule has 3 rings (SSSR count). The van der Waals surface area contributed by atoms with Crippen molar-refractivity contribution in [3.63, 3.8) is 0 Å². The fourth-order valence-corrected chi connectivity index (χ4v) is 4.70. The molecule has 0 aromatic heterocycles. The number of ether oxygens (including phenoxy) is 2. The molecule has 0 bridgehead atoms. The summed E-state index contributed by atoms with van der Waals surface area (Å²) in [6.45, 7) is 2.87. The molecule has 184 valence electrons. The minimum absolute atomic E-state index is 0.00712. The third-order valence-corrected chi connectivity index (χ3v) is 6.97. The first-order valence-electron chi connectivity index (χ1n) is 10.6. The number of rotatable bonds is 9. The van der Waals surface area contributed by atoms with E-state index in [1.54, 1.807) is 49.4 Å².